The summed E-state index contributed by atoms with van der Waals surface area (Å²) in [4.78, 5) is 12.5. The lowest BCUT2D eigenvalue weighted by molar-refractivity contribution is 0.0935. The molecule has 1 saturated carbocycles. The summed E-state index contributed by atoms with van der Waals surface area (Å²) in [5.41, 5.74) is 1.39. The molecule has 3 rings (SSSR count). The van der Waals surface area contributed by atoms with Crippen molar-refractivity contribution in [2.24, 2.45) is 11.8 Å². The Bertz CT molecular complexity index is 548. The Balaban J connectivity index is 0.00000225. The van der Waals surface area contributed by atoms with Gasteiger partial charge in [-0.15, -0.1) is 17.5 Å². The van der Waals surface area contributed by atoms with Gasteiger partial charge in [-0.3, -0.25) is 4.79 Å². The van der Waals surface area contributed by atoms with E-state index in [4.69, 9.17) is 0 Å². The molecule has 1 aromatic heterocycles. The van der Waals surface area contributed by atoms with Gasteiger partial charge in [-0.2, -0.15) is 0 Å². The number of carbonyl (C=O) groups is 1. The molecule has 1 amide bonds. The third-order valence-corrected chi connectivity index (χ3v) is 5.89. The first-order valence-corrected chi connectivity index (χ1v) is 9.59. The van der Waals surface area contributed by atoms with E-state index in [0.717, 1.165) is 44.1 Å². The van der Waals surface area contributed by atoms with Crippen molar-refractivity contribution in [3.63, 3.8) is 0 Å². The van der Waals surface area contributed by atoms with E-state index in [0.29, 0.717) is 17.7 Å². The fraction of sp³-hybridized carbons (Fsp3) is 0.833. The molecule has 2 N–H and O–H groups in total. The van der Waals surface area contributed by atoms with Gasteiger partial charge in [-0.05, 0) is 57.5 Å². The number of nitrogens with one attached hydrogen (secondary N) is 2. The standard InChI is InChI=1S/C18H31N5O.ClH/c1-3-14-4-6-15(7-5-14)12-20-18(24)17-13(2)23(22-21-17)16-8-10-19-11-9-16;/h14-16,19H,3-12H2,1-2H3,(H,20,24);1H. The van der Waals surface area contributed by atoms with Gasteiger partial charge in [0.2, 0.25) is 0 Å². The van der Waals surface area contributed by atoms with Crippen molar-refractivity contribution in [1.82, 2.24) is 25.6 Å². The Morgan fingerprint density at radius 1 is 1.16 bits per heavy atom. The highest BCUT2D eigenvalue weighted by Gasteiger charge is 2.24. The van der Waals surface area contributed by atoms with Crippen LogP contribution in [0.5, 0.6) is 0 Å². The number of hydrogen-bond donors (Lipinski definition) is 2. The Hall–Kier alpha value is -1.14. The maximum absolute atomic E-state index is 12.5. The molecule has 142 valence electrons. The summed E-state index contributed by atoms with van der Waals surface area (Å²) >= 11 is 0. The van der Waals surface area contributed by atoms with Gasteiger partial charge in [-0.25, -0.2) is 4.68 Å². The van der Waals surface area contributed by atoms with Crippen molar-refractivity contribution in [2.45, 2.75) is 64.8 Å². The minimum Gasteiger partial charge on any atom is -0.350 e. The quantitative estimate of drug-likeness (QED) is 0.837. The average molecular weight is 370 g/mol. The summed E-state index contributed by atoms with van der Waals surface area (Å²) in [5, 5.41) is 14.9. The van der Waals surface area contributed by atoms with Crippen LogP contribution in [0.15, 0.2) is 0 Å². The maximum Gasteiger partial charge on any atom is 0.273 e. The van der Waals surface area contributed by atoms with Gasteiger partial charge >= 0.3 is 0 Å². The Morgan fingerprint density at radius 2 is 1.80 bits per heavy atom. The monoisotopic (exact) mass is 369 g/mol. The zero-order valence-corrected chi connectivity index (χ0v) is 16.3. The zero-order valence-electron chi connectivity index (χ0n) is 15.5. The van der Waals surface area contributed by atoms with Crippen LogP contribution in [0.3, 0.4) is 0 Å². The van der Waals surface area contributed by atoms with E-state index in [2.05, 4.69) is 27.9 Å². The van der Waals surface area contributed by atoms with Crippen LogP contribution in [0.1, 0.15) is 74.1 Å². The smallest absolute Gasteiger partial charge is 0.273 e. The molecule has 1 aliphatic carbocycles. The highest BCUT2D eigenvalue weighted by Crippen LogP contribution is 2.30. The molecule has 1 aliphatic heterocycles. The largest absolute Gasteiger partial charge is 0.350 e. The second-order valence-corrected chi connectivity index (χ2v) is 7.45. The SMILES string of the molecule is CCC1CCC(CNC(=O)c2nnn(C3CCNCC3)c2C)CC1.Cl. The van der Waals surface area contributed by atoms with Crippen molar-refractivity contribution in [2.75, 3.05) is 19.6 Å². The second-order valence-electron chi connectivity index (χ2n) is 7.45. The van der Waals surface area contributed by atoms with E-state index in [1.807, 2.05) is 11.6 Å². The number of nitrogens with zero attached hydrogens (tertiary/aromatic N) is 3. The minimum absolute atomic E-state index is 0. The van der Waals surface area contributed by atoms with E-state index >= 15 is 0 Å². The molecule has 7 heteroatoms. The normalized spacial score (nSPS) is 24.6. The molecule has 2 fully saturated rings. The van der Waals surface area contributed by atoms with Crippen molar-refractivity contribution in [3.8, 4) is 0 Å². The predicted molar refractivity (Wildman–Crippen MR) is 101 cm³/mol. The van der Waals surface area contributed by atoms with Gasteiger partial charge in [0.15, 0.2) is 5.69 Å². The molecule has 2 heterocycles. The summed E-state index contributed by atoms with van der Waals surface area (Å²) in [6, 6.07) is 0.365. The number of hydrogen-bond acceptors (Lipinski definition) is 4. The molecule has 2 aliphatic rings. The molecule has 0 atom stereocenters. The summed E-state index contributed by atoms with van der Waals surface area (Å²) in [6.07, 6.45) is 8.47. The van der Waals surface area contributed by atoms with Crippen LogP contribution in [-0.4, -0.2) is 40.5 Å². The summed E-state index contributed by atoms with van der Waals surface area (Å²) in [7, 11) is 0. The minimum atomic E-state index is -0.0645. The van der Waals surface area contributed by atoms with Crippen molar-refractivity contribution in [3.05, 3.63) is 11.4 Å². The van der Waals surface area contributed by atoms with Crippen LogP contribution in [-0.2, 0) is 0 Å². The van der Waals surface area contributed by atoms with Gasteiger partial charge in [0.1, 0.15) is 0 Å². The van der Waals surface area contributed by atoms with E-state index in [9.17, 15) is 4.79 Å². The second kappa shape index (κ2) is 9.53. The lowest BCUT2D eigenvalue weighted by Gasteiger charge is -2.27. The molecule has 6 nitrogen and oxygen atoms in total. The van der Waals surface area contributed by atoms with Crippen molar-refractivity contribution >= 4 is 18.3 Å². The summed E-state index contributed by atoms with van der Waals surface area (Å²) in [5.74, 6) is 1.45. The molecule has 0 bridgehead atoms. The third kappa shape index (κ3) is 4.94. The van der Waals surface area contributed by atoms with Crippen LogP contribution in [0, 0.1) is 18.8 Å². The predicted octanol–water partition coefficient (Wildman–Crippen LogP) is 2.88. The van der Waals surface area contributed by atoms with Crippen molar-refractivity contribution < 1.29 is 4.79 Å². The summed E-state index contributed by atoms with van der Waals surface area (Å²) in [6.45, 7) is 7.03. The highest BCUT2D eigenvalue weighted by molar-refractivity contribution is 5.93. The number of piperidine rings is 1. The molecule has 1 saturated heterocycles. The van der Waals surface area contributed by atoms with E-state index in [1.165, 1.54) is 32.1 Å². The first-order chi connectivity index (χ1) is 11.7. The van der Waals surface area contributed by atoms with Gasteiger partial charge in [0, 0.05) is 6.54 Å². The number of aromatic nitrogens is 3. The molecular formula is C18H32ClN5O. The zero-order chi connectivity index (χ0) is 16.9. The fourth-order valence-electron chi connectivity index (χ4n) is 4.11. The first-order valence-electron chi connectivity index (χ1n) is 9.59. The van der Waals surface area contributed by atoms with Crippen molar-refractivity contribution in [1.29, 1.82) is 0 Å². The van der Waals surface area contributed by atoms with Crippen LogP contribution in [0.25, 0.3) is 0 Å². The number of rotatable bonds is 5. The van der Waals surface area contributed by atoms with Crippen LogP contribution >= 0.6 is 12.4 Å². The number of carbonyl (C=O) groups excluding carboxylic acids is 1. The maximum atomic E-state index is 12.5. The van der Waals surface area contributed by atoms with Crippen LogP contribution < -0.4 is 10.6 Å². The topological polar surface area (TPSA) is 71.8 Å². The Morgan fingerprint density at radius 3 is 2.44 bits per heavy atom. The van der Waals surface area contributed by atoms with Gasteiger partial charge < -0.3 is 10.6 Å². The molecule has 0 spiro atoms. The molecule has 0 radical (unpaired) electrons. The van der Waals surface area contributed by atoms with Gasteiger partial charge in [0.05, 0.1) is 11.7 Å². The van der Waals surface area contributed by atoms with E-state index in [-0.39, 0.29) is 18.3 Å². The van der Waals surface area contributed by atoms with Gasteiger partial charge in [-0.1, -0.05) is 31.4 Å². The lowest BCUT2D eigenvalue weighted by Crippen LogP contribution is -2.32. The molecule has 25 heavy (non-hydrogen) atoms. The molecule has 1 aromatic rings. The van der Waals surface area contributed by atoms with Crippen LogP contribution in [0.2, 0.25) is 0 Å². The lowest BCUT2D eigenvalue weighted by atomic mass is 9.81. The molecule has 0 unspecified atom stereocenters. The Kier molecular flexibility index (Phi) is 7.69. The third-order valence-electron chi connectivity index (χ3n) is 5.89. The average Bonchev–Trinajstić information content (AvgIpc) is 3.02. The first kappa shape index (κ1) is 20.2. The number of halogens is 1. The van der Waals surface area contributed by atoms with E-state index in [1.54, 1.807) is 0 Å². The fourth-order valence-corrected chi connectivity index (χ4v) is 4.11. The summed E-state index contributed by atoms with van der Waals surface area (Å²) < 4.78 is 1.95. The Labute approximate surface area is 156 Å². The van der Waals surface area contributed by atoms with Gasteiger partial charge in [0.25, 0.3) is 5.91 Å². The molecule has 0 aromatic carbocycles. The van der Waals surface area contributed by atoms with Crippen LogP contribution in [0.4, 0.5) is 0 Å². The highest BCUT2D eigenvalue weighted by atomic mass is 35.5. The number of amides is 1. The molecular weight excluding hydrogens is 338 g/mol. The van der Waals surface area contributed by atoms with E-state index < -0.39 is 0 Å².